The number of H-pyrrole nitrogens is 1. The number of carbonyl (C=O) groups excluding carboxylic acids is 1. The molecule has 0 saturated heterocycles. The number of thiazole rings is 1. The molecule has 2 aromatic heterocycles. The number of nitrogens with one attached hydrogen (secondary N) is 1. The Bertz CT molecular complexity index is 1560. The minimum Gasteiger partial charge on any atom is -0.360 e. The maximum absolute atomic E-state index is 12.9. The number of aryl methyl sites for hydroxylation is 1. The predicted molar refractivity (Wildman–Crippen MR) is 144 cm³/mol. The van der Waals surface area contributed by atoms with E-state index in [1.807, 2.05) is 64.2 Å². The zero-order chi connectivity index (χ0) is 24.9. The average molecular weight is 504 g/mol. The smallest absolute Gasteiger partial charge is 0.163 e. The van der Waals surface area contributed by atoms with E-state index in [0.29, 0.717) is 5.02 Å². The highest BCUT2D eigenvalue weighted by Gasteiger charge is 2.30. The van der Waals surface area contributed by atoms with Crippen molar-refractivity contribution in [1.29, 1.82) is 0 Å². The Labute approximate surface area is 213 Å². The SMILES string of the molecule is CC(=O)[C@@H](OC(C)(C)C)c1c(C)cc2nc(-c3ccc4[nH]ncc4c3)sc2c1-c1ccc(Cl)cc1. The predicted octanol–water partition coefficient (Wildman–Crippen LogP) is 7.91. The van der Waals surface area contributed by atoms with Gasteiger partial charge in [-0.05, 0) is 82.1 Å². The van der Waals surface area contributed by atoms with Crippen molar-refractivity contribution in [3.63, 3.8) is 0 Å². The molecule has 0 spiro atoms. The molecule has 0 fully saturated rings. The fraction of sp³-hybridized carbons (Fsp3) is 0.250. The third-order valence-corrected chi connectivity index (χ3v) is 7.24. The molecule has 5 aromatic rings. The Balaban J connectivity index is 1.78. The molecule has 5 rings (SSSR count). The van der Waals surface area contributed by atoms with E-state index in [4.69, 9.17) is 21.3 Å². The first kappa shape index (κ1) is 23.7. The Morgan fingerprint density at radius 3 is 2.49 bits per heavy atom. The van der Waals surface area contributed by atoms with Crippen LogP contribution in [-0.4, -0.2) is 26.6 Å². The Kier molecular flexibility index (Phi) is 5.99. The van der Waals surface area contributed by atoms with E-state index in [1.54, 1.807) is 18.3 Å². The second-order valence-electron chi connectivity index (χ2n) is 9.75. The van der Waals surface area contributed by atoms with Crippen molar-refractivity contribution < 1.29 is 9.53 Å². The molecule has 5 nitrogen and oxygen atoms in total. The molecule has 0 unspecified atom stereocenters. The summed E-state index contributed by atoms with van der Waals surface area (Å²) in [4.78, 5) is 17.9. The van der Waals surface area contributed by atoms with Crippen LogP contribution < -0.4 is 0 Å². The van der Waals surface area contributed by atoms with Crippen LogP contribution in [0, 0.1) is 6.92 Å². The number of benzene rings is 3. The van der Waals surface area contributed by atoms with E-state index in [0.717, 1.165) is 53.9 Å². The number of hydrogen-bond donors (Lipinski definition) is 1. The number of ketones is 1. The van der Waals surface area contributed by atoms with Gasteiger partial charge in [0.2, 0.25) is 0 Å². The lowest BCUT2D eigenvalue weighted by molar-refractivity contribution is -0.138. The van der Waals surface area contributed by atoms with Crippen LogP contribution in [0.25, 0.3) is 42.8 Å². The Hall–Kier alpha value is -3.06. The third kappa shape index (κ3) is 4.61. The van der Waals surface area contributed by atoms with Crippen LogP contribution in [0.15, 0.2) is 54.7 Å². The maximum atomic E-state index is 12.9. The van der Waals surface area contributed by atoms with Gasteiger partial charge in [0.1, 0.15) is 11.1 Å². The van der Waals surface area contributed by atoms with Gasteiger partial charge in [-0.25, -0.2) is 4.98 Å². The highest BCUT2D eigenvalue weighted by Crippen LogP contribution is 2.44. The van der Waals surface area contributed by atoms with Crippen molar-refractivity contribution in [1.82, 2.24) is 15.2 Å². The molecule has 7 heteroatoms. The number of fused-ring (bicyclic) bond motifs is 2. The van der Waals surface area contributed by atoms with E-state index in [2.05, 4.69) is 28.4 Å². The maximum Gasteiger partial charge on any atom is 0.163 e. The summed E-state index contributed by atoms with van der Waals surface area (Å²) in [6.07, 6.45) is 1.12. The minimum atomic E-state index is -0.696. The van der Waals surface area contributed by atoms with Crippen LogP contribution in [0.3, 0.4) is 0 Å². The minimum absolute atomic E-state index is 0.0345. The number of Topliss-reactive ketones (excluding diaryl/α,β-unsaturated/α-hetero) is 1. The van der Waals surface area contributed by atoms with Gasteiger partial charge in [0.15, 0.2) is 5.78 Å². The molecule has 1 N–H and O–H groups in total. The molecule has 3 aromatic carbocycles. The van der Waals surface area contributed by atoms with Gasteiger partial charge in [-0.1, -0.05) is 23.7 Å². The van der Waals surface area contributed by atoms with Crippen molar-refractivity contribution in [3.05, 3.63) is 70.9 Å². The van der Waals surface area contributed by atoms with Crippen molar-refractivity contribution >= 4 is 49.8 Å². The average Bonchev–Trinajstić information content (AvgIpc) is 3.43. The van der Waals surface area contributed by atoms with Gasteiger partial charge < -0.3 is 4.74 Å². The van der Waals surface area contributed by atoms with E-state index >= 15 is 0 Å². The van der Waals surface area contributed by atoms with Crippen LogP contribution in [-0.2, 0) is 9.53 Å². The number of carbonyl (C=O) groups is 1. The lowest BCUT2D eigenvalue weighted by Gasteiger charge is -2.29. The lowest BCUT2D eigenvalue weighted by atomic mass is 9.90. The van der Waals surface area contributed by atoms with E-state index in [-0.39, 0.29) is 5.78 Å². The first-order valence-corrected chi connectivity index (χ1v) is 12.6. The fourth-order valence-corrected chi connectivity index (χ4v) is 5.60. The standard InChI is InChI=1S/C28H26ClN3O2S/c1-15-12-22-26(35-27(31-22)18-8-11-21-19(13-18)14-30-32-21)24(17-6-9-20(29)10-7-17)23(15)25(16(2)33)34-28(3,4)5/h6-14,25H,1-5H3,(H,30,32)/t25-/m1/s1. The number of ether oxygens (including phenoxy) is 1. The number of aromatic amines is 1. The molecule has 178 valence electrons. The summed E-state index contributed by atoms with van der Waals surface area (Å²) >= 11 is 7.83. The summed E-state index contributed by atoms with van der Waals surface area (Å²) in [7, 11) is 0. The van der Waals surface area contributed by atoms with Crippen LogP contribution in [0.1, 0.15) is 44.9 Å². The van der Waals surface area contributed by atoms with Gasteiger partial charge >= 0.3 is 0 Å². The molecule has 0 aliphatic heterocycles. The van der Waals surface area contributed by atoms with Gasteiger partial charge in [-0.3, -0.25) is 9.89 Å². The van der Waals surface area contributed by atoms with Crippen LogP contribution in [0.4, 0.5) is 0 Å². The molecular weight excluding hydrogens is 478 g/mol. The molecule has 0 saturated carbocycles. The van der Waals surface area contributed by atoms with Gasteiger partial charge in [0.25, 0.3) is 0 Å². The van der Waals surface area contributed by atoms with E-state index in [1.165, 1.54) is 0 Å². The third-order valence-electron chi connectivity index (χ3n) is 5.85. The number of rotatable bonds is 5. The molecule has 0 aliphatic carbocycles. The first-order valence-electron chi connectivity index (χ1n) is 11.4. The summed E-state index contributed by atoms with van der Waals surface area (Å²) in [5.41, 5.74) is 6.19. The van der Waals surface area contributed by atoms with Crippen molar-refractivity contribution in [2.75, 3.05) is 0 Å². The van der Waals surface area contributed by atoms with Gasteiger partial charge in [0, 0.05) is 27.1 Å². The van der Waals surface area contributed by atoms with E-state index in [9.17, 15) is 4.79 Å². The number of halogens is 1. The molecular formula is C28H26ClN3O2S. The zero-order valence-corrected chi connectivity index (χ0v) is 21.8. The van der Waals surface area contributed by atoms with Gasteiger partial charge in [-0.2, -0.15) is 5.10 Å². The van der Waals surface area contributed by atoms with Gasteiger partial charge in [0.05, 0.1) is 27.5 Å². The topological polar surface area (TPSA) is 67.9 Å². The van der Waals surface area contributed by atoms with Gasteiger partial charge in [-0.15, -0.1) is 11.3 Å². The molecule has 0 aliphatic rings. The highest BCUT2D eigenvalue weighted by atomic mass is 35.5. The first-order chi connectivity index (χ1) is 16.6. The molecule has 2 heterocycles. The molecule has 35 heavy (non-hydrogen) atoms. The highest BCUT2D eigenvalue weighted by molar-refractivity contribution is 7.22. The fourth-order valence-electron chi connectivity index (χ4n) is 4.35. The molecule has 0 amide bonds. The second-order valence-corrected chi connectivity index (χ2v) is 11.2. The Morgan fingerprint density at radius 1 is 1.09 bits per heavy atom. The quantitative estimate of drug-likeness (QED) is 0.264. The van der Waals surface area contributed by atoms with Crippen molar-refractivity contribution in [2.24, 2.45) is 0 Å². The summed E-state index contributed by atoms with van der Waals surface area (Å²) < 4.78 is 7.34. The molecule has 1 atom stereocenters. The van der Waals surface area contributed by atoms with E-state index < -0.39 is 11.7 Å². The number of aromatic nitrogens is 3. The van der Waals surface area contributed by atoms with Crippen molar-refractivity contribution in [2.45, 2.75) is 46.3 Å². The molecule has 0 bridgehead atoms. The normalized spacial score (nSPS) is 13.0. The Morgan fingerprint density at radius 2 is 1.80 bits per heavy atom. The van der Waals surface area contributed by atoms with Crippen molar-refractivity contribution in [3.8, 4) is 21.7 Å². The summed E-state index contributed by atoms with van der Waals surface area (Å²) in [6.45, 7) is 9.51. The second kappa shape index (κ2) is 8.86. The zero-order valence-electron chi connectivity index (χ0n) is 20.3. The number of nitrogens with zero attached hydrogens (tertiary/aromatic N) is 2. The monoisotopic (exact) mass is 503 g/mol. The van der Waals surface area contributed by atoms with Crippen LogP contribution in [0.2, 0.25) is 5.02 Å². The summed E-state index contributed by atoms with van der Waals surface area (Å²) in [5, 5.41) is 9.72. The van der Waals surface area contributed by atoms with Crippen LogP contribution >= 0.6 is 22.9 Å². The number of hydrogen-bond acceptors (Lipinski definition) is 5. The summed E-state index contributed by atoms with van der Waals surface area (Å²) in [6, 6.07) is 15.9. The molecule has 0 radical (unpaired) electrons. The summed E-state index contributed by atoms with van der Waals surface area (Å²) in [5.74, 6) is -0.0345. The largest absolute Gasteiger partial charge is 0.360 e. The lowest BCUT2D eigenvalue weighted by Crippen LogP contribution is -2.27. The van der Waals surface area contributed by atoms with Crippen LogP contribution in [0.5, 0.6) is 0 Å².